The van der Waals surface area contributed by atoms with Crippen LogP contribution in [-0.2, 0) is 20.4 Å². The van der Waals surface area contributed by atoms with E-state index in [2.05, 4.69) is 5.32 Å². The number of carboxylic acids is 1. The van der Waals surface area contributed by atoms with E-state index in [0.717, 1.165) is 0 Å². The maximum Gasteiger partial charge on any atom is 0.307 e. The summed E-state index contributed by atoms with van der Waals surface area (Å²) in [5.74, 6) is -2.51. The zero-order chi connectivity index (χ0) is 13.6. The third-order valence-electron chi connectivity index (χ3n) is 2.97. The maximum absolute atomic E-state index is 11.6. The van der Waals surface area contributed by atoms with Crippen molar-refractivity contribution >= 4 is 22.7 Å². The Bertz CT molecular complexity index is 306. The van der Waals surface area contributed by atoms with Gasteiger partial charge in [0.15, 0.2) is 0 Å². The summed E-state index contributed by atoms with van der Waals surface area (Å²) in [6.07, 6.45) is 2.25. The summed E-state index contributed by atoms with van der Waals surface area (Å²) in [7, 11) is -0.897. The number of hydrogen-bond acceptors (Lipinski definition) is 3. The lowest BCUT2D eigenvalue weighted by atomic mass is 9.95. The SMILES string of the molecule is CC(C(=O)O)C(C)C(=O)NCCC(C)S(C)=O. The second-order valence-electron chi connectivity index (χ2n) is 4.30. The van der Waals surface area contributed by atoms with Gasteiger partial charge in [0, 0.05) is 34.8 Å². The Hall–Kier alpha value is -0.910. The molecule has 17 heavy (non-hydrogen) atoms. The summed E-state index contributed by atoms with van der Waals surface area (Å²) in [6, 6.07) is 0. The third kappa shape index (κ3) is 5.81. The first-order chi connectivity index (χ1) is 7.77. The van der Waals surface area contributed by atoms with Gasteiger partial charge in [0.1, 0.15) is 0 Å². The zero-order valence-electron chi connectivity index (χ0n) is 10.7. The van der Waals surface area contributed by atoms with Crippen LogP contribution in [0.5, 0.6) is 0 Å². The van der Waals surface area contributed by atoms with E-state index in [1.54, 1.807) is 13.2 Å². The minimum absolute atomic E-state index is 0.0301. The average molecular weight is 263 g/mol. The molecule has 1 amide bonds. The lowest BCUT2D eigenvalue weighted by molar-refractivity contribution is -0.146. The molecule has 0 aliphatic carbocycles. The van der Waals surface area contributed by atoms with Crippen molar-refractivity contribution in [2.45, 2.75) is 32.4 Å². The summed E-state index contributed by atoms with van der Waals surface area (Å²) >= 11 is 0. The normalized spacial score (nSPS) is 17.9. The molecule has 0 saturated carbocycles. The molecule has 2 N–H and O–H groups in total. The number of carbonyl (C=O) groups is 2. The van der Waals surface area contributed by atoms with Crippen molar-refractivity contribution in [3.63, 3.8) is 0 Å². The highest BCUT2D eigenvalue weighted by Gasteiger charge is 2.25. The van der Waals surface area contributed by atoms with Gasteiger partial charge in [-0.1, -0.05) is 20.8 Å². The van der Waals surface area contributed by atoms with E-state index < -0.39 is 28.6 Å². The van der Waals surface area contributed by atoms with Crippen LogP contribution < -0.4 is 5.32 Å². The molecule has 0 rings (SSSR count). The Morgan fingerprint density at radius 2 is 1.76 bits per heavy atom. The molecule has 0 heterocycles. The highest BCUT2D eigenvalue weighted by Crippen LogP contribution is 2.11. The fourth-order valence-electron chi connectivity index (χ4n) is 1.17. The minimum atomic E-state index is -0.976. The van der Waals surface area contributed by atoms with Crippen LogP contribution in [0.15, 0.2) is 0 Å². The van der Waals surface area contributed by atoms with E-state index in [9.17, 15) is 13.8 Å². The van der Waals surface area contributed by atoms with Crippen molar-refractivity contribution in [2.24, 2.45) is 11.8 Å². The quantitative estimate of drug-likeness (QED) is 0.705. The molecule has 0 bridgehead atoms. The fourth-order valence-corrected chi connectivity index (χ4v) is 1.62. The lowest BCUT2D eigenvalue weighted by Crippen LogP contribution is -2.36. The van der Waals surface area contributed by atoms with Gasteiger partial charge in [-0.2, -0.15) is 0 Å². The Labute approximate surface area is 104 Å². The number of rotatable bonds is 7. The Balaban J connectivity index is 4.02. The molecule has 0 saturated heterocycles. The van der Waals surface area contributed by atoms with Gasteiger partial charge < -0.3 is 10.4 Å². The topological polar surface area (TPSA) is 83.5 Å². The largest absolute Gasteiger partial charge is 0.481 e. The predicted molar refractivity (Wildman–Crippen MR) is 67.1 cm³/mol. The van der Waals surface area contributed by atoms with Crippen LogP contribution in [0.3, 0.4) is 0 Å². The van der Waals surface area contributed by atoms with E-state index >= 15 is 0 Å². The first-order valence-electron chi connectivity index (χ1n) is 5.60. The van der Waals surface area contributed by atoms with Crippen LogP contribution >= 0.6 is 0 Å². The van der Waals surface area contributed by atoms with Gasteiger partial charge in [-0.25, -0.2) is 0 Å². The molecule has 0 radical (unpaired) electrons. The lowest BCUT2D eigenvalue weighted by Gasteiger charge is -2.16. The molecule has 6 heteroatoms. The van der Waals surface area contributed by atoms with Gasteiger partial charge in [-0.05, 0) is 6.42 Å². The van der Waals surface area contributed by atoms with Crippen molar-refractivity contribution in [2.75, 3.05) is 12.8 Å². The summed E-state index contributed by atoms with van der Waals surface area (Å²) in [4.78, 5) is 22.3. The Kier molecular flexibility index (Phi) is 7.03. The van der Waals surface area contributed by atoms with E-state index in [1.165, 1.54) is 6.92 Å². The predicted octanol–water partition coefficient (Wildman–Crippen LogP) is 0.616. The van der Waals surface area contributed by atoms with Crippen LogP contribution in [0.4, 0.5) is 0 Å². The maximum atomic E-state index is 11.6. The molecule has 0 aliphatic rings. The van der Waals surface area contributed by atoms with Crippen molar-refractivity contribution in [3.8, 4) is 0 Å². The van der Waals surface area contributed by atoms with Gasteiger partial charge in [0.05, 0.1) is 5.92 Å². The highest BCUT2D eigenvalue weighted by molar-refractivity contribution is 7.84. The number of carbonyl (C=O) groups excluding carboxylic acids is 1. The molecule has 0 spiro atoms. The molecule has 4 unspecified atom stereocenters. The van der Waals surface area contributed by atoms with Crippen LogP contribution in [0.1, 0.15) is 27.2 Å². The van der Waals surface area contributed by atoms with Crippen molar-refractivity contribution in [1.29, 1.82) is 0 Å². The summed E-state index contributed by atoms with van der Waals surface area (Å²) < 4.78 is 11.1. The number of amides is 1. The number of hydrogen-bond donors (Lipinski definition) is 2. The van der Waals surface area contributed by atoms with Crippen molar-refractivity contribution < 1.29 is 18.9 Å². The summed E-state index contributed by atoms with van der Waals surface area (Å²) in [5, 5.41) is 11.5. The molecular formula is C11H21NO4S. The van der Waals surface area contributed by atoms with Crippen LogP contribution in [0, 0.1) is 11.8 Å². The van der Waals surface area contributed by atoms with E-state index in [-0.39, 0.29) is 11.2 Å². The smallest absolute Gasteiger partial charge is 0.307 e. The zero-order valence-corrected chi connectivity index (χ0v) is 11.5. The summed E-state index contributed by atoms with van der Waals surface area (Å²) in [5.41, 5.74) is 0. The van der Waals surface area contributed by atoms with Gasteiger partial charge in [-0.3, -0.25) is 13.8 Å². The monoisotopic (exact) mass is 263 g/mol. The van der Waals surface area contributed by atoms with Gasteiger partial charge >= 0.3 is 5.97 Å². The molecular weight excluding hydrogens is 242 g/mol. The molecule has 5 nitrogen and oxygen atoms in total. The van der Waals surface area contributed by atoms with Crippen molar-refractivity contribution in [1.82, 2.24) is 5.32 Å². The molecule has 0 aromatic heterocycles. The third-order valence-corrected chi connectivity index (χ3v) is 4.34. The van der Waals surface area contributed by atoms with Gasteiger partial charge in [0.25, 0.3) is 0 Å². The van der Waals surface area contributed by atoms with Gasteiger partial charge in [0.2, 0.25) is 5.91 Å². The second kappa shape index (κ2) is 7.42. The highest BCUT2D eigenvalue weighted by atomic mass is 32.2. The minimum Gasteiger partial charge on any atom is -0.481 e. The first kappa shape index (κ1) is 16.1. The Morgan fingerprint density at radius 3 is 2.18 bits per heavy atom. The van der Waals surface area contributed by atoms with E-state index in [4.69, 9.17) is 5.11 Å². The standard InChI is InChI=1S/C11H21NO4S/c1-7(17(4)16)5-6-12-10(13)8(2)9(3)11(14)15/h7-9H,5-6H2,1-4H3,(H,12,13)(H,14,15). The Morgan fingerprint density at radius 1 is 1.24 bits per heavy atom. The molecule has 4 atom stereocenters. The summed E-state index contributed by atoms with van der Waals surface area (Å²) in [6.45, 7) is 5.38. The fraction of sp³-hybridized carbons (Fsp3) is 0.818. The van der Waals surface area contributed by atoms with E-state index in [1.807, 2.05) is 6.92 Å². The molecule has 0 aliphatic heterocycles. The number of aliphatic carboxylic acids is 1. The molecule has 100 valence electrons. The van der Waals surface area contributed by atoms with Crippen LogP contribution in [0.25, 0.3) is 0 Å². The van der Waals surface area contributed by atoms with Gasteiger partial charge in [-0.15, -0.1) is 0 Å². The molecule has 0 aromatic carbocycles. The van der Waals surface area contributed by atoms with E-state index in [0.29, 0.717) is 13.0 Å². The number of nitrogens with one attached hydrogen (secondary N) is 1. The second-order valence-corrected chi connectivity index (χ2v) is 6.11. The molecule has 0 aromatic rings. The average Bonchev–Trinajstić information content (AvgIpc) is 2.26. The number of carboxylic acid groups (broad SMARTS) is 1. The first-order valence-corrected chi connectivity index (χ1v) is 7.22. The van der Waals surface area contributed by atoms with Crippen LogP contribution in [0.2, 0.25) is 0 Å². The molecule has 0 fully saturated rings. The van der Waals surface area contributed by atoms with Crippen molar-refractivity contribution in [3.05, 3.63) is 0 Å². The van der Waals surface area contributed by atoms with Crippen LogP contribution in [-0.4, -0.2) is 39.2 Å².